The van der Waals surface area contributed by atoms with Crippen LogP contribution in [0, 0.1) is 0 Å². The zero-order valence-corrected chi connectivity index (χ0v) is 14.3. The zero-order chi connectivity index (χ0) is 16.7. The molecule has 1 fully saturated rings. The number of fused-ring (bicyclic) bond motifs is 1. The van der Waals surface area contributed by atoms with Gasteiger partial charge in [-0.3, -0.25) is 0 Å². The summed E-state index contributed by atoms with van der Waals surface area (Å²) in [6, 6.07) is 1.86. The summed E-state index contributed by atoms with van der Waals surface area (Å²) in [6.07, 6.45) is 7.50. The summed E-state index contributed by atoms with van der Waals surface area (Å²) in [5.41, 5.74) is 2.07. The third kappa shape index (κ3) is 2.92. The third-order valence-corrected chi connectivity index (χ3v) is 4.58. The summed E-state index contributed by atoms with van der Waals surface area (Å²) < 4.78 is 14.1. The van der Waals surface area contributed by atoms with Crippen molar-refractivity contribution in [3.05, 3.63) is 35.7 Å². The van der Waals surface area contributed by atoms with Crippen molar-refractivity contribution in [3.8, 4) is 0 Å². The molecule has 0 saturated carbocycles. The first-order chi connectivity index (χ1) is 10.8. The predicted molar refractivity (Wildman–Crippen MR) is 91.0 cm³/mol. The van der Waals surface area contributed by atoms with Gasteiger partial charge in [-0.25, -0.2) is 9.50 Å². The molecular formula is C16H23BN4O2. The molecule has 0 bridgehead atoms. The van der Waals surface area contributed by atoms with E-state index in [2.05, 4.69) is 43.1 Å². The highest BCUT2D eigenvalue weighted by molar-refractivity contribution is 6.56. The molecule has 1 saturated heterocycles. The first-order valence-corrected chi connectivity index (χ1v) is 7.83. The molecule has 0 aliphatic carbocycles. The van der Waals surface area contributed by atoms with Crippen LogP contribution in [-0.4, -0.2) is 46.5 Å². The quantitative estimate of drug-likeness (QED) is 0.874. The third-order valence-electron chi connectivity index (χ3n) is 4.58. The van der Waals surface area contributed by atoms with Gasteiger partial charge >= 0.3 is 7.12 Å². The van der Waals surface area contributed by atoms with Crippen LogP contribution in [0.25, 0.3) is 11.7 Å². The highest BCUT2D eigenvalue weighted by Crippen LogP contribution is 2.38. The summed E-state index contributed by atoms with van der Waals surface area (Å²) >= 11 is 0. The molecule has 2 aromatic heterocycles. The van der Waals surface area contributed by atoms with Crippen molar-refractivity contribution >= 4 is 18.8 Å². The number of nitrogens with zero attached hydrogens (tertiary/aromatic N) is 3. The van der Waals surface area contributed by atoms with Crippen LogP contribution in [-0.2, 0) is 9.31 Å². The second kappa shape index (κ2) is 5.74. The molecule has 122 valence electrons. The maximum atomic E-state index is 6.16. The number of aromatic nitrogens is 3. The Kier molecular flexibility index (Phi) is 4.04. The second-order valence-corrected chi connectivity index (χ2v) is 6.83. The van der Waals surface area contributed by atoms with Gasteiger partial charge in [-0.2, -0.15) is 5.10 Å². The maximum absolute atomic E-state index is 6.16. The van der Waals surface area contributed by atoms with E-state index in [-0.39, 0.29) is 18.3 Å². The monoisotopic (exact) mass is 314 g/mol. The Morgan fingerprint density at radius 2 is 2.00 bits per heavy atom. The van der Waals surface area contributed by atoms with Crippen molar-refractivity contribution in [1.29, 1.82) is 0 Å². The predicted octanol–water partition coefficient (Wildman–Crippen LogP) is 1.96. The van der Waals surface area contributed by atoms with Gasteiger partial charge in [0.2, 0.25) is 0 Å². The van der Waals surface area contributed by atoms with Crippen LogP contribution in [0.3, 0.4) is 0 Å². The molecular weight excluding hydrogens is 291 g/mol. The van der Waals surface area contributed by atoms with Gasteiger partial charge < -0.3 is 14.6 Å². The van der Waals surface area contributed by atoms with Crippen LogP contribution in [0.15, 0.2) is 30.1 Å². The van der Waals surface area contributed by atoms with E-state index in [0.29, 0.717) is 6.54 Å². The van der Waals surface area contributed by atoms with Crippen LogP contribution in [0.4, 0.5) is 0 Å². The first-order valence-electron chi connectivity index (χ1n) is 7.83. The average Bonchev–Trinajstić information content (AvgIpc) is 2.97. The fourth-order valence-electron chi connectivity index (χ4n) is 2.55. The Morgan fingerprint density at radius 3 is 2.65 bits per heavy atom. The molecule has 23 heavy (non-hydrogen) atoms. The van der Waals surface area contributed by atoms with Crippen LogP contribution >= 0.6 is 0 Å². The minimum Gasteiger partial charge on any atom is -0.400 e. The minimum absolute atomic E-state index is 0.357. The minimum atomic E-state index is -0.383. The lowest BCUT2D eigenvalue weighted by Gasteiger charge is -2.32. The van der Waals surface area contributed by atoms with E-state index in [1.54, 1.807) is 10.7 Å². The molecule has 7 heteroatoms. The topological polar surface area (TPSA) is 60.7 Å². The number of rotatable bonds is 4. The Bertz CT molecular complexity index is 723. The SMILES string of the molecule is CNCC(=Cc1cnn2cccnc12)B1OC(C)(C)C(C)(C)O1. The standard InChI is InChI=1S/C16H23BN4O2/c1-15(2)16(3,4)23-17(22-15)13(11-18-5)9-12-10-20-21-8-6-7-19-14(12)21/h6-10,18H,11H2,1-5H3. The fraction of sp³-hybridized carbons (Fsp3) is 0.500. The molecule has 0 spiro atoms. The molecule has 3 heterocycles. The van der Waals surface area contributed by atoms with Crippen LogP contribution in [0.2, 0.25) is 0 Å². The summed E-state index contributed by atoms with van der Waals surface area (Å²) in [4.78, 5) is 4.39. The van der Waals surface area contributed by atoms with Crippen molar-refractivity contribution in [2.24, 2.45) is 0 Å². The summed E-state index contributed by atoms with van der Waals surface area (Å²) in [7, 11) is 1.53. The van der Waals surface area contributed by atoms with Gasteiger partial charge in [-0.15, -0.1) is 0 Å². The number of likely N-dealkylation sites (N-methyl/N-ethyl adjacent to an activating group) is 1. The normalized spacial score (nSPS) is 20.4. The van der Waals surface area contributed by atoms with E-state index in [9.17, 15) is 0 Å². The molecule has 1 aliphatic heterocycles. The van der Waals surface area contributed by atoms with E-state index < -0.39 is 0 Å². The van der Waals surface area contributed by atoms with Gasteiger partial charge in [0.05, 0.1) is 17.4 Å². The summed E-state index contributed by atoms with van der Waals surface area (Å²) in [6.45, 7) is 8.89. The highest BCUT2D eigenvalue weighted by Gasteiger charge is 2.52. The largest absolute Gasteiger partial charge is 0.491 e. The van der Waals surface area contributed by atoms with Crippen molar-refractivity contribution in [1.82, 2.24) is 19.9 Å². The van der Waals surface area contributed by atoms with Crippen molar-refractivity contribution in [2.75, 3.05) is 13.6 Å². The van der Waals surface area contributed by atoms with Gasteiger partial charge in [0.1, 0.15) is 0 Å². The Balaban J connectivity index is 1.96. The number of hydrogen-bond acceptors (Lipinski definition) is 5. The van der Waals surface area contributed by atoms with Crippen LogP contribution in [0.5, 0.6) is 0 Å². The molecule has 6 nitrogen and oxygen atoms in total. The Hall–Kier alpha value is -1.70. The lowest BCUT2D eigenvalue weighted by Crippen LogP contribution is -2.41. The molecule has 3 rings (SSSR count). The lowest BCUT2D eigenvalue weighted by molar-refractivity contribution is 0.00578. The maximum Gasteiger partial charge on any atom is 0.491 e. The van der Waals surface area contributed by atoms with Crippen LogP contribution in [0.1, 0.15) is 33.3 Å². The summed E-state index contributed by atoms with van der Waals surface area (Å²) in [5, 5.41) is 7.51. The van der Waals surface area contributed by atoms with E-state index >= 15 is 0 Å². The molecule has 1 N–H and O–H groups in total. The van der Waals surface area contributed by atoms with Crippen molar-refractivity contribution in [2.45, 2.75) is 38.9 Å². The van der Waals surface area contributed by atoms with Crippen LogP contribution < -0.4 is 5.32 Å². The van der Waals surface area contributed by atoms with E-state index in [1.807, 2.05) is 31.6 Å². The number of hydrogen-bond donors (Lipinski definition) is 1. The lowest BCUT2D eigenvalue weighted by atomic mass is 9.77. The van der Waals surface area contributed by atoms with Crippen molar-refractivity contribution in [3.63, 3.8) is 0 Å². The average molecular weight is 314 g/mol. The molecule has 0 unspecified atom stereocenters. The number of nitrogens with one attached hydrogen (secondary N) is 1. The Labute approximate surface area is 137 Å². The molecule has 0 atom stereocenters. The van der Waals surface area contributed by atoms with Gasteiger partial charge in [0, 0.05) is 24.5 Å². The summed E-state index contributed by atoms with van der Waals surface area (Å²) in [5.74, 6) is 0. The smallest absolute Gasteiger partial charge is 0.400 e. The second-order valence-electron chi connectivity index (χ2n) is 6.83. The van der Waals surface area contributed by atoms with E-state index in [0.717, 1.165) is 16.7 Å². The van der Waals surface area contributed by atoms with Gasteiger partial charge in [-0.1, -0.05) is 6.08 Å². The first kappa shape index (κ1) is 16.2. The van der Waals surface area contributed by atoms with Gasteiger partial charge in [0.15, 0.2) is 5.65 Å². The van der Waals surface area contributed by atoms with E-state index in [1.165, 1.54) is 0 Å². The molecule has 1 aliphatic rings. The Morgan fingerprint density at radius 1 is 1.30 bits per heavy atom. The molecule has 0 aromatic carbocycles. The molecule has 0 radical (unpaired) electrons. The van der Waals surface area contributed by atoms with Crippen molar-refractivity contribution < 1.29 is 9.31 Å². The zero-order valence-electron chi connectivity index (χ0n) is 14.3. The van der Waals surface area contributed by atoms with E-state index in [4.69, 9.17) is 9.31 Å². The molecule has 2 aromatic rings. The fourth-order valence-corrected chi connectivity index (χ4v) is 2.55. The van der Waals surface area contributed by atoms with Gasteiger partial charge in [-0.05, 0) is 46.3 Å². The molecule has 0 amide bonds. The highest BCUT2D eigenvalue weighted by atomic mass is 16.7. The van der Waals surface area contributed by atoms with Gasteiger partial charge in [0.25, 0.3) is 0 Å².